The Morgan fingerprint density at radius 2 is 1.81 bits per heavy atom. The van der Waals surface area contributed by atoms with Gasteiger partial charge in [-0.3, -0.25) is 0 Å². The van der Waals surface area contributed by atoms with Crippen LogP contribution in [0, 0.1) is 0 Å². The first-order valence-electron chi connectivity index (χ1n) is 7.28. The molecule has 1 aromatic heterocycles. The summed E-state index contributed by atoms with van der Waals surface area (Å²) in [6.07, 6.45) is 1.06. The van der Waals surface area contributed by atoms with Crippen molar-refractivity contribution in [3.8, 4) is 11.1 Å². The molecule has 2 aromatic carbocycles. The van der Waals surface area contributed by atoms with E-state index in [1.165, 1.54) is 32.7 Å². The van der Waals surface area contributed by atoms with Gasteiger partial charge in [-0.2, -0.15) is 0 Å². The fourth-order valence-corrected chi connectivity index (χ4v) is 4.11. The minimum Gasteiger partial charge on any atom is -0.309 e. The van der Waals surface area contributed by atoms with E-state index in [-0.39, 0.29) is 6.04 Å². The highest BCUT2D eigenvalue weighted by molar-refractivity contribution is 7.10. The highest BCUT2D eigenvalue weighted by Crippen LogP contribution is 2.38. The van der Waals surface area contributed by atoms with Gasteiger partial charge in [0.2, 0.25) is 0 Å². The summed E-state index contributed by atoms with van der Waals surface area (Å²) in [5.41, 5.74) is 7.04. The van der Waals surface area contributed by atoms with E-state index in [0.717, 1.165) is 6.42 Å². The van der Waals surface area contributed by atoms with Gasteiger partial charge in [-0.05, 0) is 58.8 Å². The molecule has 104 valence electrons. The summed E-state index contributed by atoms with van der Waals surface area (Å²) in [7, 11) is 2.03. The molecule has 0 bridgehead atoms. The Hall–Kier alpha value is -1.90. The van der Waals surface area contributed by atoms with Gasteiger partial charge in [-0.15, -0.1) is 11.3 Å². The second-order valence-electron chi connectivity index (χ2n) is 5.49. The van der Waals surface area contributed by atoms with Gasteiger partial charge in [-0.1, -0.05) is 42.5 Å². The Bertz CT molecular complexity index is 774. The van der Waals surface area contributed by atoms with Crippen LogP contribution in [0.1, 0.15) is 27.6 Å². The Morgan fingerprint density at radius 3 is 2.62 bits per heavy atom. The molecule has 0 saturated heterocycles. The molecule has 0 amide bonds. The van der Waals surface area contributed by atoms with Crippen LogP contribution in [0.3, 0.4) is 0 Å². The molecule has 0 aliphatic heterocycles. The SMILES string of the molecule is CNC(c1ccc2c(c1)-c1ccccc1C2)c1cccs1. The standard InChI is InChI=1S/C19H17NS/c1-20-19(18-7-4-10-21-18)15-9-8-14-11-13-5-2-3-6-16(13)17(14)12-15/h2-10,12,19-20H,11H2,1H3. The Kier molecular flexibility index (Phi) is 3.13. The number of thiophene rings is 1. The van der Waals surface area contributed by atoms with Crippen molar-refractivity contribution in [1.82, 2.24) is 5.32 Å². The van der Waals surface area contributed by atoms with E-state index >= 15 is 0 Å². The zero-order valence-electron chi connectivity index (χ0n) is 12.0. The summed E-state index contributed by atoms with van der Waals surface area (Å²) >= 11 is 1.81. The highest BCUT2D eigenvalue weighted by atomic mass is 32.1. The van der Waals surface area contributed by atoms with Crippen molar-refractivity contribution in [2.24, 2.45) is 0 Å². The second kappa shape index (κ2) is 5.14. The quantitative estimate of drug-likeness (QED) is 0.580. The predicted molar refractivity (Wildman–Crippen MR) is 89.9 cm³/mol. The topological polar surface area (TPSA) is 12.0 Å². The van der Waals surface area contributed by atoms with Crippen LogP contribution in [0.5, 0.6) is 0 Å². The molecule has 3 aromatic rings. The molecule has 21 heavy (non-hydrogen) atoms. The molecule has 2 heteroatoms. The van der Waals surface area contributed by atoms with Crippen LogP contribution in [0.2, 0.25) is 0 Å². The third-order valence-corrected chi connectivity index (χ3v) is 5.21. The molecular formula is C19H17NS. The molecule has 1 nitrogen and oxygen atoms in total. The number of fused-ring (bicyclic) bond motifs is 3. The number of nitrogens with one attached hydrogen (secondary N) is 1. The van der Waals surface area contributed by atoms with E-state index in [9.17, 15) is 0 Å². The Labute approximate surface area is 129 Å². The van der Waals surface area contributed by atoms with Crippen LogP contribution < -0.4 is 5.32 Å². The molecule has 1 aliphatic carbocycles. The van der Waals surface area contributed by atoms with E-state index in [1.54, 1.807) is 11.3 Å². The average Bonchev–Trinajstić information content (AvgIpc) is 3.15. The molecular weight excluding hydrogens is 274 g/mol. The number of benzene rings is 2. The maximum Gasteiger partial charge on any atom is 0.0668 e. The van der Waals surface area contributed by atoms with Crippen LogP contribution in [0.15, 0.2) is 60.0 Å². The third-order valence-electron chi connectivity index (χ3n) is 4.27. The summed E-state index contributed by atoms with van der Waals surface area (Å²) in [5.74, 6) is 0. The van der Waals surface area contributed by atoms with Crippen molar-refractivity contribution >= 4 is 11.3 Å². The molecule has 0 saturated carbocycles. The highest BCUT2D eigenvalue weighted by Gasteiger charge is 2.20. The van der Waals surface area contributed by atoms with Crippen LogP contribution in [0.4, 0.5) is 0 Å². The summed E-state index contributed by atoms with van der Waals surface area (Å²) in [5, 5.41) is 5.59. The van der Waals surface area contributed by atoms with Crippen LogP contribution in [-0.4, -0.2) is 7.05 Å². The molecule has 0 radical (unpaired) electrons. The first kappa shape index (κ1) is 12.8. The zero-order chi connectivity index (χ0) is 14.2. The second-order valence-corrected chi connectivity index (χ2v) is 6.47. The number of rotatable bonds is 3. The largest absolute Gasteiger partial charge is 0.309 e. The normalized spacial score (nSPS) is 13.8. The van der Waals surface area contributed by atoms with Gasteiger partial charge < -0.3 is 5.32 Å². The molecule has 1 unspecified atom stereocenters. The van der Waals surface area contributed by atoms with Gasteiger partial charge >= 0.3 is 0 Å². The van der Waals surface area contributed by atoms with Gasteiger partial charge in [0.15, 0.2) is 0 Å². The molecule has 4 rings (SSSR count). The van der Waals surface area contributed by atoms with Crippen molar-refractivity contribution in [2.75, 3.05) is 7.05 Å². The average molecular weight is 291 g/mol. The summed E-state index contributed by atoms with van der Waals surface area (Å²) in [6, 6.07) is 20.3. The molecule has 1 atom stereocenters. The van der Waals surface area contributed by atoms with E-state index in [2.05, 4.69) is 65.3 Å². The van der Waals surface area contributed by atoms with Gasteiger partial charge in [0.05, 0.1) is 6.04 Å². The Balaban J connectivity index is 1.81. The van der Waals surface area contributed by atoms with Crippen molar-refractivity contribution < 1.29 is 0 Å². The van der Waals surface area contributed by atoms with E-state index in [0.29, 0.717) is 0 Å². The van der Waals surface area contributed by atoms with Gasteiger partial charge in [0.1, 0.15) is 0 Å². The smallest absolute Gasteiger partial charge is 0.0668 e. The van der Waals surface area contributed by atoms with Gasteiger partial charge in [-0.25, -0.2) is 0 Å². The third kappa shape index (κ3) is 2.11. The number of hydrogen-bond acceptors (Lipinski definition) is 2. The van der Waals surface area contributed by atoms with Crippen LogP contribution >= 0.6 is 11.3 Å². The minimum absolute atomic E-state index is 0.281. The summed E-state index contributed by atoms with van der Waals surface area (Å²) in [6.45, 7) is 0. The van der Waals surface area contributed by atoms with E-state index in [4.69, 9.17) is 0 Å². The lowest BCUT2D eigenvalue weighted by molar-refractivity contribution is 0.704. The summed E-state index contributed by atoms with van der Waals surface area (Å²) < 4.78 is 0. The lowest BCUT2D eigenvalue weighted by atomic mass is 9.98. The van der Waals surface area contributed by atoms with E-state index in [1.807, 2.05) is 7.05 Å². The van der Waals surface area contributed by atoms with Gasteiger partial charge in [0, 0.05) is 4.88 Å². The van der Waals surface area contributed by atoms with Crippen molar-refractivity contribution in [3.05, 3.63) is 81.5 Å². The first-order chi connectivity index (χ1) is 10.4. The predicted octanol–water partition coefficient (Wildman–Crippen LogP) is 4.63. The zero-order valence-corrected chi connectivity index (χ0v) is 12.8. The first-order valence-corrected chi connectivity index (χ1v) is 8.16. The lowest BCUT2D eigenvalue weighted by Crippen LogP contribution is -2.16. The lowest BCUT2D eigenvalue weighted by Gasteiger charge is -2.16. The van der Waals surface area contributed by atoms with Crippen molar-refractivity contribution in [2.45, 2.75) is 12.5 Å². The Morgan fingerprint density at radius 1 is 0.952 bits per heavy atom. The van der Waals surface area contributed by atoms with Crippen LogP contribution in [-0.2, 0) is 6.42 Å². The van der Waals surface area contributed by atoms with Gasteiger partial charge in [0.25, 0.3) is 0 Å². The minimum atomic E-state index is 0.281. The maximum atomic E-state index is 3.45. The molecule has 1 aliphatic rings. The van der Waals surface area contributed by atoms with Crippen LogP contribution in [0.25, 0.3) is 11.1 Å². The van der Waals surface area contributed by atoms with Crippen molar-refractivity contribution in [1.29, 1.82) is 0 Å². The fourth-order valence-electron chi connectivity index (χ4n) is 3.25. The number of hydrogen-bond donors (Lipinski definition) is 1. The summed E-state index contributed by atoms with van der Waals surface area (Å²) in [4.78, 5) is 1.36. The molecule has 0 spiro atoms. The fraction of sp³-hybridized carbons (Fsp3) is 0.158. The molecule has 1 heterocycles. The molecule has 1 N–H and O–H groups in total. The van der Waals surface area contributed by atoms with Crippen molar-refractivity contribution in [3.63, 3.8) is 0 Å². The molecule has 0 fully saturated rings. The monoisotopic (exact) mass is 291 g/mol. The van der Waals surface area contributed by atoms with E-state index < -0.39 is 0 Å². The maximum absolute atomic E-state index is 3.45.